The number of hydrogen-bond acceptors (Lipinski definition) is 5. The molecular weight excluding hydrogens is 626 g/mol. The average Bonchev–Trinajstić information content (AvgIpc) is 2.85. The number of benzene rings is 3. The quantitative estimate of drug-likeness (QED) is 0.137. The Balaban J connectivity index is 1.70. The van der Waals surface area contributed by atoms with Crippen molar-refractivity contribution in [2.45, 2.75) is 33.5 Å². The molecule has 6 nitrogen and oxygen atoms in total. The van der Waals surface area contributed by atoms with Gasteiger partial charge in [0.1, 0.15) is 24.0 Å². The molecule has 3 rings (SSSR count). The number of nitriles is 1. The maximum Gasteiger partial charge on any atom is 0.266 e. The Labute approximate surface area is 240 Å². The molecule has 0 spiro atoms. The van der Waals surface area contributed by atoms with Gasteiger partial charge in [-0.1, -0.05) is 29.3 Å². The number of carbonyl (C=O) groups excluding carboxylic acids is 1. The monoisotopic (exact) mass is 650 g/mol. The number of nitrogens with zero attached hydrogens (tertiary/aromatic N) is 1. The molecule has 0 aliphatic rings. The van der Waals surface area contributed by atoms with Crippen molar-refractivity contribution in [3.8, 4) is 23.3 Å². The van der Waals surface area contributed by atoms with Gasteiger partial charge in [0.25, 0.3) is 5.91 Å². The molecule has 192 valence electrons. The van der Waals surface area contributed by atoms with Gasteiger partial charge in [0, 0.05) is 21.3 Å². The molecule has 1 amide bonds. The van der Waals surface area contributed by atoms with E-state index < -0.39 is 5.91 Å². The summed E-state index contributed by atoms with van der Waals surface area (Å²) in [5.74, 6) is 1.27. The summed E-state index contributed by atoms with van der Waals surface area (Å²) in [4.78, 5) is 12.8. The van der Waals surface area contributed by atoms with Gasteiger partial charge in [-0.3, -0.25) is 4.79 Å². The van der Waals surface area contributed by atoms with Crippen LogP contribution in [0.1, 0.15) is 31.9 Å². The Bertz CT molecular complexity index is 1340. The van der Waals surface area contributed by atoms with Gasteiger partial charge in [-0.25, -0.2) is 0 Å². The molecule has 3 aromatic carbocycles. The lowest BCUT2D eigenvalue weighted by Crippen LogP contribution is -2.13. The van der Waals surface area contributed by atoms with E-state index in [0.717, 1.165) is 9.13 Å². The van der Waals surface area contributed by atoms with Gasteiger partial charge in [-0.15, -0.1) is 0 Å². The number of nitrogens with one attached hydrogen (secondary N) is 1. The summed E-state index contributed by atoms with van der Waals surface area (Å²) in [5.41, 5.74) is 1.93. The summed E-state index contributed by atoms with van der Waals surface area (Å²) in [6, 6.07) is 17.6. The van der Waals surface area contributed by atoms with Gasteiger partial charge < -0.3 is 19.5 Å². The minimum absolute atomic E-state index is 0.0263. The van der Waals surface area contributed by atoms with Crippen molar-refractivity contribution >= 4 is 63.5 Å². The van der Waals surface area contributed by atoms with E-state index in [0.29, 0.717) is 45.2 Å². The highest BCUT2D eigenvalue weighted by molar-refractivity contribution is 14.1. The summed E-state index contributed by atoms with van der Waals surface area (Å²) in [5, 5.41) is 13.5. The van der Waals surface area contributed by atoms with Gasteiger partial charge in [-0.05, 0) is 104 Å². The van der Waals surface area contributed by atoms with Gasteiger partial charge >= 0.3 is 0 Å². The summed E-state index contributed by atoms with van der Waals surface area (Å²) in [7, 11) is 0. The smallest absolute Gasteiger partial charge is 0.266 e. The first-order chi connectivity index (χ1) is 17.7. The topological polar surface area (TPSA) is 80.6 Å². The van der Waals surface area contributed by atoms with E-state index in [2.05, 4.69) is 27.9 Å². The van der Waals surface area contributed by atoms with E-state index in [4.69, 9.17) is 37.4 Å². The highest BCUT2D eigenvalue weighted by atomic mass is 127. The van der Waals surface area contributed by atoms with Crippen LogP contribution >= 0.6 is 45.8 Å². The third-order valence-corrected chi connectivity index (χ3v) is 6.27. The van der Waals surface area contributed by atoms with Crippen LogP contribution in [0.15, 0.2) is 60.2 Å². The Morgan fingerprint density at radius 1 is 1.11 bits per heavy atom. The maximum absolute atomic E-state index is 12.8. The molecule has 1 N–H and O–H groups in total. The Morgan fingerprint density at radius 3 is 2.46 bits per heavy atom. The van der Waals surface area contributed by atoms with Crippen LogP contribution in [0.3, 0.4) is 0 Å². The van der Waals surface area contributed by atoms with Gasteiger partial charge in [-0.2, -0.15) is 5.26 Å². The van der Waals surface area contributed by atoms with E-state index in [9.17, 15) is 10.1 Å². The molecule has 0 unspecified atom stereocenters. The van der Waals surface area contributed by atoms with Crippen LogP contribution in [0.2, 0.25) is 10.0 Å². The molecule has 3 aromatic rings. The molecule has 0 aromatic heterocycles. The summed E-state index contributed by atoms with van der Waals surface area (Å²) in [6.07, 6.45) is 1.49. The SMILES string of the molecule is CCOc1cc(/C=C(\C#N)C(=O)Nc2ccc(OCc3ccc(Cl)cc3Cl)cc2)cc(I)c1OC(C)C. The van der Waals surface area contributed by atoms with Crippen molar-refractivity contribution in [1.82, 2.24) is 0 Å². The van der Waals surface area contributed by atoms with Crippen molar-refractivity contribution < 1.29 is 19.0 Å². The zero-order chi connectivity index (χ0) is 26.9. The second-order valence-corrected chi connectivity index (χ2v) is 10.1. The molecule has 9 heteroatoms. The summed E-state index contributed by atoms with van der Waals surface area (Å²) in [6.45, 7) is 6.48. The number of rotatable bonds is 10. The lowest BCUT2D eigenvalue weighted by atomic mass is 10.1. The lowest BCUT2D eigenvalue weighted by molar-refractivity contribution is -0.112. The number of amides is 1. The average molecular weight is 651 g/mol. The highest BCUT2D eigenvalue weighted by Crippen LogP contribution is 2.35. The Morgan fingerprint density at radius 2 is 1.84 bits per heavy atom. The van der Waals surface area contributed by atoms with E-state index in [1.807, 2.05) is 32.9 Å². The van der Waals surface area contributed by atoms with Crippen LogP contribution in [0.25, 0.3) is 6.08 Å². The maximum atomic E-state index is 12.8. The molecule has 0 aliphatic carbocycles. The number of anilines is 1. The fourth-order valence-corrected chi connectivity index (χ4v) is 4.45. The van der Waals surface area contributed by atoms with Crippen molar-refractivity contribution in [3.63, 3.8) is 0 Å². The predicted molar refractivity (Wildman–Crippen MR) is 156 cm³/mol. The summed E-state index contributed by atoms with van der Waals surface area (Å²) < 4.78 is 18.2. The van der Waals surface area contributed by atoms with E-state index in [1.54, 1.807) is 48.5 Å². The first-order valence-electron chi connectivity index (χ1n) is 11.4. The van der Waals surface area contributed by atoms with Crippen LogP contribution < -0.4 is 19.5 Å². The molecule has 0 saturated heterocycles. The van der Waals surface area contributed by atoms with E-state index >= 15 is 0 Å². The van der Waals surface area contributed by atoms with Crippen molar-refractivity contribution in [1.29, 1.82) is 5.26 Å². The zero-order valence-corrected chi connectivity index (χ0v) is 24.1. The third-order valence-electron chi connectivity index (χ3n) is 4.88. The van der Waals surface area contributed by atoms with Crippen LogP contribution in [-0.4, -0.2) is 18.6 Å². The van der Waals surface area contributed by atoms with Gasteiger partial charge in [0.05, 0.1) is 16.3 Å². The van der Waals surface area contributed by atoms with Crippen LogP contribution in [0, 0.1) is 14.9 Å². The number of ether oxygens (including phenoxy) is 3. The summed E-state index contributed by atoms with van der Waals surface area (Å²) >= 11 is 14.3. The second kappa shape index (κ2) is 13.6. The van der Waals surface area contributed by atoms with E-state index in [-0.39, 0.29) is 18.3 Å². The predicted octanol–water partition coefficient (Wildman–Crippen LogP) is 7.91. The fourth-order valence-electron chi connectivity index (χ4n) is 3.23. The molecule has 0 radical (unpaired) electrons. The van der Waals surface area contributed by atoms with Crippen LogP contribution in [0.5, 0.6) is 17.2 Å². The van der Waals surface area contributed by atoms with Crippen molar-refractivity contribution in [2.24, 2.45) is 0 Å². The van der Waals surface area contributed by atoms with Crippen LogP contribution in [-0.2, 0) is 11.4 Å². The fraction of sp³-hybridized carbons (Fsp3) is 0.214. The molecule has 0 bridgehead atoms. The zero-order valence-electron chi connectivity index (χ0n) is 20.5. The molecular formula is C28H25Cl2IN2O4. The molecule has 37 heavy (non-hydrogen) atoms. The number of hydrogen-bond donors (Lipinski definition) is 1. The standard InChI is InChI=1S/C28H25Cl2IN2O4/c1-4-35-26-13-18(12-25(31)27(26)37-17(2)3)11-20(15-32)28(34)33-22-7-9-23(10-8-22)36-16-19-5-6-21(29)14-24(19)30/h5-14,17H,4,16H2,1-3H3,(H,33,34)/b20-11+. The lowest BCUT2D eigenvalue weighted by Gasteiger charge is -2.17. The van der Waals surface area contributed by atoms with Crippen molar-refractivity contribution in [3.05, 3.63) is 84.9 Å². The highest BCUT2D eigenvalue weighted by Gasteiger charge is 2.15. The van der Waals surface area contributed by atoms with Gasteiger partial charge in [0.15, 0.2) is 11.5 Å². The largest absolute Gasteiger partial charge is 0.490 e. The number of halogens is 3. The molecule has 0 fully saturated rings. The Hall–Kier alpha value is -2.93. The number of carbonyl (C=O) groups is 1. The van der Waals surface area contributed by atoms with Crippen LogP contribution in [0.4, 0.5) is 5.69 Å². The normalized spacial score (nSPS) is 11.1. The van der Waals surface area contributed by atoms with Gasteiger partial charge in [0.2, 0.25) is 0 Å². The minimum Gasteiger partial charge on any atom is -0.490 e. The molecule has 0 atom stereocenters. The first-order valence-corrected chi connectivity index (χ1v) is 13.3. The third kappa shape index (κ3) is 8.29. The first kappa shape index (κ1) is 28.6. The molecule has 0 aliphatic heterocycles. The second-order valence-electron chi connectivity index (χ2n) is 8.10. The van der Waals surface area contributed by atoms with Crippen molar-refractivity contribution in [2.75, 3.05) is 11.9 Å². The molecule has 0 heterocycles. The Kier molecular flexibility index (Phi) is 10.5. The minimum atomic E-state index is -0.528. The van der Waals surface area contributed by atoms with E-state index in [1.165, 1.54) is 6.08 Å². The molecule has 0 saturated carbocycles.